The van der Waals surface area contributed by atoms with E-state index in [1.165, 1.54) is 0 Å². The van der Waals surface area contributed by atoms with Gasteiger partial charge in [-0.2, -0.15) is 13.2 Å². The predicted molar refractivity (Wildman–Crippen MR) is 53.4 cm³/mol. The quantitative estimate of drug-likeness (QED) is 0.722. The van der Waals surface area contributed by atoms with Crippen molar-refractivity contribution < 1.29 is 28.2 Å². The van der Waals surface area contributed by atoms with E-state index in [-0.39, 0.29) is 5.75 Å². The van der Waals surface area contributed by atoms with Crippen molar-refractivity contribution >= 4 is 11.7 Å². The molecule has 0 unspecified atom stereocenters. The van der Waals surface area contributed by atoms with Gasteiger partial charge in [0.1, 0.15) is 11.7 Å². The first-order valence-corrected chi connectivity index (χ1v) is 4.53. The van der Waals surface area contributed by atoms with Crippen LogP contribution in [0.3, 0.4) is 0 Å². The molecule has 0 saturated carbocycles. The Morgan fingerprint density at radius 3 is 1.89 bits per heavy atom. The molecule has 0 aliphatic rings. The third kappa shape index (κ3) is 4.69. The topological polar surface area (TPSA) is 88.5 Å². The van der Waals surface area contributed by atoms with Crippen LogP contribution in [-0.4, -0.2) is 17.3 Å². The highest BCUT2D eigenvalue weighted by atomic mass is 19.4. The Morgan fingerprint density at radius 1 is 1.33 bits per heavy atom. The molecule has 0 aliphatic carbocycles. The number of halogens is 3. The van der Waals surface area contributed by atoms with Crippen molar-refractivity contribution in [3.8, 4) is 5.75 Å². The number of carbonyl (C=O) groups excluding carboxylic acids is 1. The Labute approximate surface area is 100 Å². The summed E-state index contributed by atoms with van der Waals surface area (Å²) in [7, 11) is 0. The molecule has 0 heterocycles. The number of alkyl halides is 3. The summed E-state index contributed by atoms with van der Waals surface area (Å²) >= 11 is 0. The van der Waals surface area contributed by atoms with Gasteiger partial charge in [-0.05, 0) is 25.0 Å². The molecule has 0 aliphatic heterocycles. The van der Waals surface area contributed by atoms with E-state index in [0.717, 1.165) is 11.1 Å². The number of benzene rings is 1. The van der Waals surface area contributed by atoms with Gasteiger partial charge >= 0.3 is 11.9 Å². The molecule has 0 amide bonds. The number of phenolic OH excluding ortho intramolecular Hbond substituents is 1. The summed E-state index contributed by atoms with van der Waals surface area (Å²) in [6, 6.07) is 3.23. The van der Waals surface area contributed by atoms with Crippen molar-refractivity contribution in [2.24, 2.45) is 0 Å². The van der Waals surface area contributed by atoms with E-state index >= 15 is 0 Å². The van der Waals surface area contributed by atoms with E-state index in [4.69, 9.17) is 15.3 Å². The van der Waals surface area contributed by atoms with Crippen molar-refractivity contribution in [3.05, 3.63) is 28.2 Å². The van der Waals surface area contributed by atoms with Gasteiger partial charge in [-0.3, -0.25) is 0 Å². The van der Waals surface area contributed by atoms with Gasteiger partial charge in [0, 0.05) is 12.1 Å². The van der Waals surface area contributed by atoms with Gasteiger partial charge in [0.15, 0.2) is 4.98 Å². The summed E-state index contributed by atoms with van der Waals surface area (Å²) in [5.41, 5.74) is 1.91. The van der Waals surface area contributed by atoms with E-state index in [9.17, 15) is 18.3 Å². The molecular formula is C10H9F3N2O3. The second-order valence-corrected chi connectivity index (χ2v) is 3.31. The molecule has 0 radical (unpaired) electrons. The molecule has 1 aromatic carbocycles. The summed E-state index contributed by atoms with van der Waals surface area (Å²) < 4.78 is 31.5. The minimum atomic E-state index is -5.19. The fourth-order valence-corrected chi connectivity index (χ4v) is 0.991. The average molecular weight is 262 g/mol. The summed E-state index contributed by atoms with van der Waals surface area (Å²) in [6.07, 6.45) is -5.19. The van der Waals surface area contributed by atoms with Gasteiger partial charge in [-0.25, -0.2) is 0 Å². The van der Waals surface area contributed by atoms with Crippen LogP contribution in [0.1, 0.15) is 11.1 Å². The number of carboxylic acid groups (broad SMARTS) is 1. The molecule has 1 rings (SSSR count). The number of aliphatic carboxylic acids is 1. The SMILES string of the molecule is Cc1cc([N+]#N)cc(C)c1O.O=C([O-])C(F)(F)F. The lowest BCUT2D eigenvalue weighted by molar-refractivity contribution is -0.344. The molecule has 8 heteroatoms. The number of aromatic hydroxyl groups is 1. The molecule has 98 valence electrons. The maximum absolute atomic E-state index is 10.5. The molecule has 0 atom stereocenters. The highest BCUT2D eigenvalue weighted by Crippen LogP contribution is 2.26. The zero-order valence-corrected chi connectivity index (χ0v) is 9.45. The van der Waals surface area contributed by atoms with Crippen molar-refractivity contribution in [1.82, 2.24) is 0 Å². The van der Waals surface area contributed by atoms with Crippen molar-refractivity contribution in [2.45, 2.75) is 20.0 Å². The third-order valence-electron chi connectivity index (χ3n) is 1.82. The van der Waals surface area contributed by atoms with Crippen LogP contribution >= 0.6 is 0 Å². The molecule has 5 nitrogen and oxygen atoms in total. The van der Waals surface area contributed by atoms with Gasteiger partial charge in [-0.1, -0.05) is 0 Å². The largest absolute Gasteiger partial charge is 0.542 e. The average Bonchev–Trinajstić information content (AvgIpc) is 2.24. The van der Waals surface area contributed by atoms with Crippen LogP contribution in [0.15, 0.2) is 12.1 Å². The highest BCUT2D eigenvalue weighted by Gasteiger charge is 2.28. The van der Waals surface area contributed by atoms with Crippen LogP contribution < -0.4 is 5.11 Å². The molecule has 0 saturated heterocycles. The minimum Gasteiger partial charge on any atom is -0.542 e. The standard InChI is InChI=1S/C8H8N2O.C2HF3O2/c1-5-3-7(10-9)4-6(2)8(5)11;3-2(4,5)1(6)7/h3-4H,1-2H3;(H,6,7). The Kier molecular flexibility index (Phi) is 5.11. The Hall–Kier alpha value is -2.30. The van der Waals surface area contributed by atoms with Crippen LogP contribution in [0.2, 0.25) is 0 Å². The molecule has 18 heavy (non-hydrogen) atoms. The maximum Gasteiger partial charge on any atom is 0.430 e. The van der Waals surface area contributed by atoms with Crippen molar-refractivity contribution in [3.63, 3.8) is 0 Å². The molecule has 0 fully saturated rings. The van der Waals surface area contributed by atoms with Crippen LogP contribution in [0, 0.1) is 19.2 Å². The first kappa shape index (κ1) is 15.7. The van der Waals surface area contributed by atoms with E-state index in [1.54, 1.807) is 26.0 Å². The van der Waals surface area contributed by atoms with Crippen LogP contribution in [0.4, 0.5) is 18.9 Å². The number of rotatable bonds is 0. The summed E-state index contributed by atoms with van der Waals surface area (Å²) in [4.78, 5) is 11.8. The monoisotopic (exact) mass is 262 g/mol. The minimum absolute atomic E-state index is 0.261. The normalized spacial score (nSPS) is 10.0. The van der Waals surface area contributed by atoms with Gasteiger partial charge < -0.3 is 15.0 Å². The predicted octanol–water partition coefficient (Wildman–Crippen LogP) is 1.79. The van der Waals surface area contributed by atoms with Crippen molar-refractivity contribution in [2.75, 3.05) is 0 Å². The highest BCUT2D eigenvalue weighted by molar-refractivity contribution is 5.70. The van der Waals surface area contributed by atoms with Gasteiger partial charge in [0.05, 0.1) is 0 Å². The number of carbonyl (C=O) groups is 1. The van der Waals surface area contributed by atoms with E-state index in [1.807, 2.05) is 0 Å². The Balaban J connectivity index is 0.000000360. The number of diazo groups is 1. The molecule has 0 spiro atoms. The van der Waals surface area contributed by atoms with Crippen LogP contribution in [-0.2, 0) is 4.79 Å². The van der Waals surface area contributed by atoms with Gasteiger partial charge in [0.25, 0.3) is 0 Å². The van der Waals surface area contributed by atoms with E-state index in [2.05, 4.69) is 4.98 Å². The second kappa shape index (κ2) is 5.86. The summed E-state index contributed by atoms with van der Waals surface area (Å²) in [5, 5.41) is 26.5. The molecule has 0 aromatic heterocycles. The lowest BCUT2D eigenvalue weighted by Crippen LogP contribution is -2.37. The zero-order chi connectivity index (χ0) is 14.5. The molecular weight excluding hydrogens is 253 g/mol. The van der Waals surface area contributed by atoms with Gasteiger partial charge in [-0.15, -0.1) is 0 Å². The Morgan fingerprint density at radius 2 is 1.67 bits per heavy atom. The molecule has 1 N–H and O–H groups in total. The van der Waals surface area contributed by atoms with Gasteiger partial charge in [0.2, 0.25) is 5.39 Å². The number of aryl methyl sites for hydroxylation is 2. The Bertz CT molecular complexity index is 469. The van der Waals surface area contributed by atoms with E-state index in [0.29, 0.717) is 5.69 Å². The van der Waals surface area contributed by atoms with Crippen molar-refractivity contribution in [1.29, 1.82) is 5.39 Å². The molecule has 1 aromatic rings. The summed E-state index contributed by atoms with van der Waals surface area (Å²) in [6.45, 7) is 3.52. The number of hydrogen-bond acceptors (Lipinski definition) is 4. The lowest BCUT2D eigenvalue weighted by atomic mass is 10.1. The fraction of sp³-hybridized carbons (Fsp3) is 0.300. The number of phenols is 1. The van der Waals surface area contributed by atoms with Crippen LogP contribution in [0.5, 0.6) is 5.75 Å². The fourth-order valence-electron chi connectivity index (χ4n) is 0.991. The van der Waals surface area contributed by atoms with Crippen LogP contribution in [0.25, 0.3) is 4.98 Å². The first-order valence-electron chi connectivity index (χ1n) is 4.53. The molecule has 0 bridgehead atoms. The smallest absolute Gasteiger partial charge is 0.430 e. The maximum atomic E-state index is 10.5. The number of hydrogen-bond donors (Lipinski definition) is 1. The number of nitrogens with zero attached hydrogens (tertiary/aromatic N) is 2. The zero-order valence-electron chi connectivity index (χ0n) is 9.45. The first-order chi connectivity index (χ1) is 8.09. The summed E-state index contributed by atoms with van der Waals surface area (Å²) in [5.74, 6) is -2.75. The van der Waals surface area contributed by atoms with E-state index < -0.39 is 12.1 Å². The lowest BCUT2D eigenvalue weighted by Gasteiger charge is -2.03. The third-order valence-corrected chi connectivity index (χ3v) is 1.82. The second-order valence-electron chi connectivity index (χ2n) is 3.31. The number of carboxylic acids is 1.